The van der Waals surface area contributed by atoms with Gasteiger partial charge in [-0.15, -0.1) is 0 Å². The van der Waals surface area contributed by atoms with Gasteiger partial charge in [-0.3, -0.25) is 4.79 Å². The molecule has 0 heterocycles. The van der Waals surface area contributed by atoms with E-state index in [-0.39, 0.29) is 18.1 Å². The Morgan fingerprint density at radius 3 is 2.43 bits per heavy atom. The predicted molar refractivity (Wildman–Crippen MR) is 91.3 cm³/mol. The fourth-order valence-corrected chi connectivity index (χ4v) is 2.52. The lowest BCUT2D eigenvalue weighted by Crippen LogP contribution is -3.08. The molecule has 23 heavy (non-hydrogen) atoms. The van der Waals surface area contributed by atoms with Crippen LogP contribution in [0.5, 0.6) is 0 Å². The number of rotatable bonds is 6. The summed E-state index contributed by atoms with van der Waals surface area (Å²) in [6, 6.07) is 12.6. The summed E-state index contributed by atoms with van der Waals surface area (Å²) in [4.78, 5) is 13.0. The number of halogens is 2. The first kappa shape index (κ1) is 17.4. The van der Waals surface area contributed by atoms with E-state index in [1.165, 1.54) is 23.3 Å². The van der Waals surface area contributed by atoms with Crippen LogP contribution >= 0.6 is 11.6 Å². The molecule has 0 fully saturated rings. The van der Waals surface area contributed by atoms with Crippen LogP contribution in [0.3, 0.4) is 0 Å². The number of hydrogen-bond donors (Lipinski definition) is 2. The Hall–Kier alpha value is -1.91. The van der Waals surface area contributed by atoms with E-state index in [9.17, 15) is 9.18 Å². The predicted octanol–water partition coefficient (Wildman–Crippen LogP) is 2.69. The van der Waals surface area contributed by atoms with Crippen LogP contribution in [0.15, 0.2) is 42.5 Å². The zero-order chi connectivity index (χ0) is 16.8. The first-order valence-corrected chi connectivity index (χ1v) is 7.99. The minimum atomic E-state index is -0.529. The van der Waals surface area contributed by atoms with Crippen molar-refractivity contribution in [1.82, 2.24) is 0 Å². The number of benzene rings is 2. The fourth-order valence-electron chi connectivity index (χ4n) is 2.36. The Labute approximate surface area is 141 Å². The number of quaternary nitrogens is 1. The highest BCUT2D eigenvalue weighted by Crippen LogP contribution is 2.18. The molecule has 2 rings (SSSR count). The molecule has 2 N–H and O–H groups in total. The van der Waals surface area contributed by atoms with Gasteiger partial charge in [-0.2, -0.15) is 0 Å². The topological polar surface area (TPSA) is 33.5 Å². The number of amides is 1. The van der Waals surface area contributed by atoms with Crippen LogP contribution in [0.25, 0.3) is 0 Å². The molecule has 0 bridgehead atoms. The minimum absolute atomic E-state index is 0.152. The number of aryl methyl sites for hydroxylation is 1. The van der Waals surface area contributed by atoms with Crippen molar-refractivity contribution in [2.24, 2.45) is 0 Å². The molecule has 0 saturated heterocycles. The molecule has 1 amide bonds. The van der Waals surface area contributed by atoms with Crippen LogP contribution in [0.2, 0.25) is 5.02 Å². The molecule has 2 aromatic rings. The van der Waals surface area contributed by atoms with E-state index < -0.39 is 5.82 Å². The van der Waals surface area contributed by atoms with Crippen LogP contribution in [0.1, 0.15) is 18.1 Å². The molecular formula is C18H21ClFN2O+. The second-order valence-corrected chi connectivity index (χ2v) is 6.09. The van der Waals surface area contributed by atoms with Gasteiger partial charge in [0.25, 0.3) is 5.91 Å². The van der Waals surface area contributed by atoms with E-state index in [0.29, 0.717) is 5.02 Å². The third-order valence-corrected chi connectivity index (χ3v) is 3.84. The first-order chi connectivity index (χ1) is 11.0. The van der Waals surface area contributed by atoms with E-state index >= 15 is 0 Å². The molecule has 5 heteroatoms. The monoisotopic (exact) mass is 335 g/mol. The molecule has 0 saturated carbocycles. The molecule has 0 aliphatic heterocycles. The summed E-state index contributed by atoms with van der Waals surface area (Å²) < 4.78 is 13.7. The van der Waals surface area contributed by atoms with Gasteiger partial charge in [-0.05, 0) is 30.2 Å². The highest BCUT2D eigenvalue weighted by atomic mass is 35.5. The van der Waals surface area contributed by atoms with E-state index in [2.05, 4.69) is 36.5 Å². The van der Waals surface area contributed by atoms with Gasteiger partial charge in [-0.1, -0.05) is 42.8 Å². The number of carbonyl (C=O) groups is 1. The van der Waals surface area contributed by atoms with E-state index in [0.717, 1.165) is 17.9 Å². The number of likely N-dealkylation sites (N-methyl/N-ethyl adjacent to an activating group) is 1. The highest BCUT2D eigenvalue weighted by Gasteiger charge is 2.13. The maximum absolute atomic E-state index is 13.7. The average Bonchev–Trinajstić information content (AvgIpc) is 2.50. The second-order valence-electron chi connectivity index (χ2n) is 5.65. The van der Waals surface area contributed by atoms with Crippen molar-refractivity contribution in [3.05, 3.63) is 64.4 Å². The van der Waals surface area contributed by atoms with E-state index in [1.54, 1.807) is 6.07 Å². The van der Waals surface area contributed by atoms with Gasteiger partial charge in [0.1, 0.15) is 12.4 Å². The van der Waals surface area contributed by atoms with Crippen molar-refractivity contribution >= 4 is 23.2 Å². The van der Waals surface area contributed by atoms with Gasteiger partial charge >= 0.3 is 0 Å². The third-order valence-electron chi connectivity index (χ3n) is 3.60. The highest BCUT2D eigenvalue weighted by molar-refractivity contribution is 6.30. The van der Waals surface area contributed by atoms with Gasteiger partial charge < -0.3 is 10.2 Å². The summed E-state index contributed by atoms with van der Waals surface area (Å²) in [6.07, 6.45) is 1.01. The molecule has 0 aliphatic carbocycles. The number of anilines is 1. The summed E-state index contributed by atoms with van der Waals surface area (Å²) in [5, 5.41) is 2.88. The molecule has 2 aromatic carbocycles. The normalized spacial score (nSPS) is 12.0. The molecular weight excluding hydrogens is 315 g/mol. The summed E-state index contributed by atoms with van der Waals surface area (Å²) >= 11 is 5.69. The Morgan fingerprint density at radius 1 is 1.17 bits per heavy atom. The van der Waals surface area contributed by atoms with Gasteiger partial charge in [0, 0.05) is 10.6 Å². The lowest BCUT2D eigenvalue weighted by Gasteiger charge is -2.14. The molecule has 0 radical (unpaired) electrons. The molecule has 122 valence electrons. The molecule has 3 nitrogen and oxygen atoms in total. The Morgan fingerprint density at radius 2 is 1.83 bits per heavy atom. The van der Waals surface area contributed by atoms with Crippen molar-refractivity contribution in [1.29, 1.82) is 0 Å². The summed E-state index contributed by atoms with van der Waals surface area (Å²) in [6.45, 7) is 3.12. The van der Waals surface area contributed by atoms with Crippen molar-refractivity contribution < 1.29 is 14.1 Å². The summed E-state index contributed by atoms with van der Waals surface area (Å²) in [7, 11) is 1.94. The lowest BCUT2D eigenvalue weighted by molar-refractivity contribution is -0.885. The zero-order valence-electron chi connectivity index (χ0n) is 13.3. The maximum atomic E-state index is 13.7. The number of nitrogens with one attached hydrogen (secondary N) is 2. The van der Waals surface area contributed by atoms with Gasteiger partial charge in [0.05, 0.1) is 12.7 Å². The van der Waals surface area contributed by atoms with Crippen LogP contribution in [0.4, 0.5) is 10.1 Å². The molecule has 1 unspecified atom stereocenters. The van der Waals surface area contributed by atoms with Crippen LogP contribution in [-0.2, 0) is 17.8 Å². The van der Waals surface area contributed by atoms with Gasteiger partial charge in [0.2, 0.25) is 0 Å². The SMILES string of the molecule is CCc1ccc(C[NH+](C)CC(=O)Nc2ccc(Cl)cc2F)cc1. The van der Waals surface area contributed by atoms with Gasteiger partial charge in [0.15, 0.2) is 6.54 Å². The molecule has 0 aromatic heterocycles. The Bertz CT molecular complexity index is 673. The second kappa shape index (κ2) is 8.09. The average molecular weight is 336 g/mol. The quantitative estimate of drug-likeness (QED) is 0.836. The van der Waals surface area contributed by atoms with Gasteiger partial charge in [-0.25, -0.2) is 4.39 Å². The third kappa shape index (κ3) is 5.34. The van der Waals surface area contributed by atoms with Crippen molar-refractivity contribution in [3.8, 4) is 0 Å². The molecule has 0 aliphatic rings. The summed E-state index contributed by atoms with van der Waals surface area (Å²) in [5.74, 6) is -0.757. The van der Waals surface area contributed by atoms with Crippen molar-refractivity contribution in [2.75, 3.05) is 18.9 Å². The Kier molecular flexibility index (Phi) is 6.13. The van der Waals surface area contributed by atoms with Crippen LogP contribution < -0.4 is 10.2 Å². The van der Waals surface area contributed by atoms with Crippen LogP contribution in [0, 0.1) is 5.82 Å². The number of hydrogen-bond acceptors (Lipinski definition) is 1. The molecule has 1 atom stereocenters. The van der Waals surface area contributed by atoms with E-state index in [4.69, 9.17) is 11.6 Å². The largest absolute Gasteiger partial charge is 0.326 e. The van der Waals surface area contributed by atoms with Crippen LogP contribution in [-0.4, -0.2) is 19.5 Å². The van der Waals surface area contributed by atoms with Crippen molar-refractivity contribution in [3.63, 3.8) is 0 Å². The summed E-state index contributed by atoms with van der Waals surface area (Å²) in [5.41, 5.74) is 2.62. The van der Waals surface area contributed by atoms with E-state index in [1.807, 2.05) is 7.05 Å². The first-order valence-electron chi connectivity index (χ1n) is 7.62. The zero-order valence-corrected chi connectivity index (χ0v) is 14.1. The smallest absolute Gasteiger partial charge is 0.279 e. The van der Waals surface area contributed by atoms with Crippen molar-refractivity contribution in [2.45, 2.75) is 19.9 Å². The standard InChI is InChI=1S/C18H20ClFN2O/c1-3-13-4-6-14(7-5-13)11-22(2)12-18(23)21-17-9-8-15(19)10-16(17)20/h4-10H,3,11-12H2,1-2H3,(H,21,23)/p+1. The number of carbonyl (C=O) groups excluding carboxylic acids is 1. The molecule has 0 spiro atoms. The lowest BCUT2D eigenvalue weighted by atomic mass is 10.1. The minimum Gasteiger partial charge on any atom is -0.326 e. The fraction of sp³-hybridized carbons (Fsp3) is 0.278. The maximum Gasteiger partial charge on any atom is 0.279 e. The Balaban J connectivity index is 1.88.